The summed E-state index contributed by atoms with van der Waals surface area (Å²) >= 11 is 6.01. The van der Waals surface area contributed by atoms with Gasteiger partial charge in [-0.3, -0.25) is 0 Å². The number of alkyl halides is 3. The quantitative estimate of drug-likeness (QED) is 0.740. The van der Waals surface area contributed by atoms with Crippen molar-refractivity contribution in [2.45, 2.75) is 25.9 Å². The molecule has 2 rings (SSSR count). The molecule has 0 heterocycles. The summed E-state index contributed by atoms with van der Waals surface area (Å²) in [6, 6.07) is 13.6. The Morgan fingerprint density at radius 1 is 0.962 bits per heavy atom. The number of halogens is 4. The Hall–Kier alpha value is -2.25. The zero-order valence-electron chi connectivity index (χ0n) is 13.8. The molecule has 2 N–H and O–H groups in total. The first-order valence-electron chi connectivity index (χ1n) is 7.81. The van der Waals surface area contributed by atoms with E-state index in [9.17, 15) is 18.0 Å². The lowest BCUT2D eigenvalue weighted by Crippen LogP contribution is -2.34. The number of amides is 2. The van der Waals surface area contributed by atoms with E-state index in [0.717, 1.165) is 11.1 Å². The summed E-state index contributed by atoms with van der Waals surface area (Å²) in [6.45, 7) is -0.799. The lowest BCUT2D eigenvalue weighted by Gasteiger charge is -2.10. The van der Waals surface area contributed by atoms with Gasteiger partial charge in [0.25, 0.3) is 0 Å². The summed E-state index contributed by atoms with van der Waals surface area (Å²) in [5.74, 6) is 0. The van der Waals surface area contributed by atoms with Crippen LogP contribution in [0.3, 0.4) is 0 Å². The molecule has 0 saturated heterocycles. The van der Waals surface area contributed by atoms with E-state index in [1.807, 2.05) is 18.2 Å². The molecule has 8 heteroatoms. The number of benzene rings is 2. The Balaban J connectivity index is 1.72. The number of urea groups is 1. The molecule has 0 aromatic heterocycles. The van der Waals surface area contributed by atoms with Gasteiger partial charge in [-0.1, -0.05) is 54.1 Å². The van der Waals surface area contributed by atoms with Gasteiger partial charge in [0.15, 0.2) is 0 Å². The van der Waals surface area contributed by atoms with Crippen LogP contribution in [0.1, 0.15) is 16.7 Å². The van der Waals surface area contributed by atoms with Crippen molar-refractivity contribution in [1.29, 1.82) is 0 Å². The van der Waals surface area contributed by atoms with Gasteiger partial charge in [-0.05, 0) is 22.8 Å². The van der Waals surface area contributed by atoms with Crippen molar-refractivity contribution >= 4 is 17.6 Å². The molecular formula is C18H18ClF3N2O2. The second kappa shape index (κ2) is 9.45. The Bertz CT molecular complexity index is 721. The second-order valence-electron chi connectivity index (χ2n) is 5.55. The van der Waals surface area contributed by atoms with E-state index in [1.54, 1.807) is 30.3 Å². The van der Waals surface area contributed by atoms with Crippen molar-refractivity contribution in [2.24, 2.45) is 0 Å². The van der Waals surface area contributed by atoms with E-state index in [0.29, 0.717) is 17.1 Å². The highest BCUT2D eigenvalue weighted by Gasteiger charge is 2.27. The number of hydrogen-bond donors (Lipinski definition) is 2. The van der Waals surface area contributed by atoms with E-state index in [1.165, 1.54) is 0 Å². The average Bonchev–Trinajstić information content (AvgIpc) is 2.59. The first-order valence-corrected chi connectivity index (χ1v) is 8.19. The van der Waals surface area contributed by atoms with E-state index < -0.39 is 12.8 Å². The number of nitrogens with one attached hydrogen (secondary N) is 2. The van der Waals surface area contributed by atoms with Crippen molar-refractivity contribution in [3.63, 3.8) is 0 Å². The molecular weight excluding hydrogens is 369 g/mol. The molecule has 26 heavy (non-hydrogen) atoms. The van der Waals surface area contributed by atoms with Crippen LogP contribution in [-0.4, -0.2) is 18.8 Å². The average molecular weight is 387 g/mol. The zero-order valence-corrected chi connectivity index (χ0v) is 14.5. The SMILES string of the molecule is O=C(NCc1ccc(COCC(F)(F)F)cc1)NCc1ccccc1Cl. The molecule has 0 aliphatic carbocycles. The van der Waals surface area contributed by atoms with Gasteiger partial charge in [-0.2, -0.15) is 13.2 Å². The van der Waals surface area contributed by atoms with E-state index in [4.69, 9.17) is 11.6 Å². The van der Waals surface area contributed by atoms with Gasteiger partial charge < -0.3 is 15.4 Å². The second-order valence-corrected chi connectivity index (χ2v) is 5.96. The van der Waals surface area contributed by atoms with Crippen molar-refractivity contribution in [3.05, 3.63) is 70.2 Å². The van der Waals surface area contributed by atoms with Crippen LogP contribution in [0.5, 0.6) is 0 Å². The molecule has 2 aromatic carbocycles. The van der Waals surface area contributed by atoms with Gasteiger partial charge in [0.2, 0.25) is 0 Å². The van der Waals surface area contributed by atoms with Gasteiger partial charge in [0, 0.05) is 18.1 Å². The van der Waals surface area contributed by atoms with Gasteiger partial charge in [-0.25, -0.2) is 4.79 Å². The number of carbonyl (C=O) groups is 1. The minimum Gasteiger partial charge on any atom is -0.367 e. The van der Waals surface area contributed by atoms with Crippen LogP contribution in [-0.2, 0) is 24.4 Å². The van der Waals surface area contributed by atoms with Crippen LogP contribution in [0, 0.1) is 0 Å². The molecule has 0 saturated carbocycles. The summed E-state index contributed by atoms with van der Waals surface area (Å²) < 4.78 is 40.6. The van der Waals surface area contributed by atoms with E-state index in [-0.39, 0.29) is 19.2 Å². The fraction of sp³-hybridized carbons (Fsp3) is 0.278. The predicted octanol–water partition coefficient (Wildman–Crippen LogP) is 4.42. The fourth-order valence-electron chi connectivity index (χ4n) is 2.10. The summed E-state index contributed by atoms with van der Waals surface area (Å²) in [5, 5.41) is 5.98. The number of rotatable bonds is 7. The molecule has 0 spiro atoms. The van der Waals surface area contributed by atoms with Crippen molar-refractivity contribution in [2.75, 3.05) is 6.61 Å². The summed E-state index contributed by atoms with van der Waals surface area (Å²) in [4.78, 5) is 11.8. The van der Waals surface area contributed by atoms with Crippen LogP contribution < -0.4 is 10.6 Å². The molecule has 140 valence electrons. The summed E-state index contributed by atoms with van der Waals surface area (Å²) in [5.41, 5.74) is 2.26. The largest absolute Gasteiger partial charge is 0.411 e. The van der Waals surface area contributed by atoms with Gasteiger partial charge in [0.1, 0.15) is 6.61 Å². The smallest absolute Gasteiger partial charge is 0.367 e. The van der Waals surface area contributed by atoms with Gasteiger partial charge in [0.05, 0.1) is 6.61 Å². The Morgan fingerprint density at radius 3 is 2.23 bits per heavy atom. The molecule has 0 atom stereocenters. The molecule has 4 nitrogen and oxygen atoms in total. The molecule has 0 bridgehead atoms. The standard InChI is InChI=1S/C18H18ClF3N2O2/c19-16-4-2-1-3-15(16)10-24-17(25)23-9-13-5-7-14(8-6-13)11-26-12-18(20,21)22/h1-8H,9-12H2,(H2,23,24,25). The normalized spacial score (nSPS) is 11.2. The van der Waals surface area contributed by atoms with Crippen LogP contribution >= 0.6 is 11.6 Å². The van der Waals surface area contributed by atoms with Gasteiger partial charge in [-0.15, -0.1) is 0 Å². The summed E-state index contributed by atoms with van der Waals surface area (Å²) in [6.07, 6.45) is -4.33. The highest BCUT2D eigenvalue weighted by atomic mass is 35.5. The Kier molecular flexibility index (Phi) is 7.29. The number of hydrogen-bond acceptors (Lipinski definition) is 2. The third kappa shape index (κ3) is 7.33. The maximum absolute atomic E-state index is 12.0. The Labute approximate surface area is 154 Å². The maximum atomic E-state index is 12.0. The molecule has 0 aliphatic rings. The van der Waals surface area contributed by atoms with E-state index >= 15 is 0 Å². The molecule has 0 fully saturated rings. The zero-order chi connectivity index (χ0) is 19.0. The fourth-order valence-corrected chi connectivity index (χ4v) is 2.30. The number of carbonyl (C=O) groups excluding carboxylic acids is 1. The first-order chi connectivity index (χ1) is 12.3. The monoisotopic (exact) mass is 386 g/mol. The van der Waals surface area contributed by atoms with Crippen LogP contribution in [0.2, 0.25) is 5.02 Å². The Morgan fingerprint density at radius 2 is 1.58 bits per heavy atom. The highest BCUT2D eigenvalue weighted by molar-refractivity contribution is 6.31. The lowest BCUT2D eigenvalue weighted by molar-refractivity contribution is -0.176. The molecule has 2 amide bonds. The van der Waals surface area contributed by atoms with Crippen LogP contribution in [0.4, 0.5) is 18.0 Å². The predicted molar refractivity (Wildman–Crippen MR) is 92.7 cm³/mol. The minimum absolute atomic E-state index is 0.120. The van der Waals surface area contributed by atoms with Crippen LogP contribution in [0.15, 0.2) is 48.5 Å². The molecule has 0 radical (unpaired) electrons. The molecule has 2 aromatic rings. The van der Waals surface area contributed by atoms with E-state index in [2.05, 4.69) is 15.4 Å². The third-order valence-corrected chi connectivity index (χ3v) is 3.78. The topological polar surface area (TPSA) is 50.4 Å². The van der Waals surface area contributed by atoms with Crippen molar-refractivity contribution in [3.8, 4) is 0 Å². The minimum atomic E-state index is -4.33. The van der Waals surface area contributed by atoms with Crippen molar-refractivity contribution in [1.82, 2.24) is 10.6 Å². The third-order valence-electron chi connectivity index (χ3n) is 3.41. The lowest BCUT2D eigenvalue weighted by atomic mass is 10.1. The van der Waals surface area contributed by atoms with Gasteiger partial charge >= 0.3 is 12.2 Å². The maximum Gasteiger partial charge on any atom is 0.411 e. The highest BCUT2D eigenvalue weighted by Crippen LogP contribution is 2.16. The van der Waals surface area contributed by atoms with Crippen molar-refractivity contribution < 1.29 is 22.7 Å². The molecule has 0 unspecified atom stereocenters. The number of ether oxygens (including phenoxy) is 1. The van der Waals surface area contributed by atoms with Crippen LogP contribution in [0.25, 0.3) is 0 Å². The first kappa shape index (κ1) is 20.1. The molecule has 0 aliphatic heterocycles. The summed E-state index contributed by atoms with van der Waals surface area (Å²) in [7, 11) is 0.